The van der Waals surface area contributed by atoms with Crippen LogP contribution < -0.4 is 5.32 Å². The Bertz CT molecular complexity index is 276. The first-order chi connectivity index (χ1) is 6.57. The molecule has 0 saturated carbocycles. The van der Waals surface area contributed by atoms with Crippen molar-refractivity contribution in [3.05, 3.63) is 12.4 Å². The zero-order chi connectivity index (χ0) is 10.6. The first-order valence-corrected chi connectivity index (χ1v) is 5.38. The van der Waals surface area contributed by atoms with E-state index in [0.717, 1.165) is 25.1 Å². The van der Waals surface area contributed by atoms with Crippen LogP contribution in [0.4, 0.5) is 5.69 Å². The summed E-state index contributed by atoms with van der Waals surface area (Å²) in [7, 11) is 0. The van der Waals surface area contributed by atoms with Gasteiger partial charge in [0, 0.05) is 18.3 Å². The Morgan fingerprint density at radius 3 is 2.71 bits per heavy atom. The van der Waals surface area contributed by atoms with E-state index in [2.05, 4.69) is 44.3 Å². The summed E-state index contributed by atoms with van der Waals surface area (Å²) in [4.78, 5) is 0. The van der Waals surface area contributed by atoms with Gasteiger partial charge in [-0.15, -0.1) is 0 Å². The van der Waals surface area contributed by atoms with Crippen LogP contribution in [-0.2, 0) is 6.54 Å². The van der Waals surface area contributed by atoms with Gasteiger partial charge in [0.2, 0.25) is 0 Å². The van der Waals surface area contributed by atoms with Gasteiger partial charge in [0.05, 0.1) is 11.9 Å². The summed E-state index contributed by atoms with van der Waals surface area (Å²) >= 11 is 0. The summed E-state index contributed by atoms with van der Waals surface area (Å²) < 4.78 is 1.98. The van der Waals surface area contributed by atoms with Crippen molar-refractivity contribution in [2.45, 2.75) is 52.6 Å². The molecule has 0 amide bonds. The third-order valence-corrected chi connectivity index (χ3v) is 2.45. The molecule has 1 N–H and O–H groups in total. The lowest BCUT2D eigenvalue weighted by Crippen LogP contribution is -2.29. The molecule has 0 aliphatic rings. The lowest BCUT2D eigenvalue weighted by Gasteiger charge is -2.24. The second kappa shape index (κ2) is 4.49. The number of hydrogen-bond acceptors (Lipinski definition) is 2. The molecule has 0 spiro atoms. The van der Waals surface area contributed by atoms with Crippen LogP contribution in [0.5, 0.6) is 0 Å². The first-order valence-electron chi connectivity index (χ1n) is 5.38. The van der Waals surface area contributed by atoms with Crippen molar-refractivity contribution in [2.75, 3.05) is 5.32 Å². The second-order valence-corrected chi connectivity index (χ2v) is 4.35. The summed E-state index contributed by atoms with van der Waals surface area (Å²) in [5, 5.41) is 7.74. The summed E-state index contributed by atoms with van der Waals surface area (Å²) in [5.74, 6) is 0. The minimum Gasteiger partial charge on any atom is -0.378 e. The molecule has 0 atom stereocenters. The second-order valence-electron chi connectivity index (χ2n) is 4.35. The number of nitrogens with one attached hydrogen (secondary N) is 1. The van der Waals surface area contributed by atoms with E-state index >= 15 is 0 Å². The quantitative estimate of drug-likeness (QED) is 0.783. The minimum absolute atomic E-state index is 0.153. The summed E-state index contributed by atoms with van der Waals surface area (Å²) in [6.45, 7) is 9.73. The highest BCUT2D eigenvalue weighted by atomic mass is 15.3. The van der Waals surface area contributed by atoms with E-state index < -0.39 is 0 Å². The number of hydrogen-bond donors (Lipinski definition) is 1. The van der Waals surface area contributed by atoms with E-state index in [1.54, 1.807) is 0 Å². The van der Waals surface area contributed by atoms with Crippen LogP contribution in [0.3, 0.4) is 0 Å². The molecule has 1 aromatic rings. The maximum absolute atomic E-state index is 4.28. The van der Waals surface area contributed by atoms with E-state index in [-0.39, 0.29) is 5.54 Å². The predicted molar refractivity (Wildman–Crippen MR) is 60.5 cm³/mol. The van der Waals surface area contributed by atoms with Gasteiger partial charge in [-0.25, -0.2) is 0 Å². The maximum atomic E-state index is 4.28. The van der Waals surface area contributed by atoms with Crippen LogP contribution in [0.1, 0.15) is 40.5 Å². The molecule has 0 saturated heterocycles. The molecule has 0 unspecified atom stereocenters. The van der Waals surface area contributed by atoms with Crippen LogP contribution >= 0.6 is 0 Å². The molecule has 14 heavy (non-hydrogen) atoms. The van der Waals surface area contributed by atoms with Crippen molar-refractivity contribution >= 4 is 5.69 Å². The largest absolute Gasteiger partial charge is 0.378 e. The highest BCUT2D eigenvalue weighted by Crippen LogP contribution is 2.16. The Kier molecular flexibility index (Phi) is 3.55. The molecule has 1 aromatic heterocycles. The van der Waals surface area contributed by atoms with Crippen LogP contribution in [0.2, 0.25) is 0 Å². The normalized spacial score (nSPS) is 11.7. The fraction of sp³-hybridized carbons (Fsp3) is 0.727. The van der Waals surface area contributed by atoms with Gasteiger partial charge in [-0.1, -0.05) is 13.8 Å². The molecule has 0 aliphatic heterocycles. The van der Waals surface area contributed by atoms with Crippen LogP contribution in [0.25, 0.3) is 0 Å². The summed E-state index contributed by atoms with van der Waals surface area (Å²) in [5.41, 5.74) is 1.27. The standard InChI is InChI=1S/C11H21N3/c1-5-7-14-9-10(8-12-14)13-11(3,4)6-2/h8-9,13H,5-7H2,1-4H3. The number of aromatic nitrogens is 2. The molecular weight excluding hydrogens is 174 g/mol. The van der Waals surface area contributed by atoms with E-state index in [1.165, 1.54) is 0 Å². The van der Waals surface area contributed by atoms with Crippen LogP contribution in [-0.4, -0.2) is 15.3 Å². The molecule has 0 bridgehead atoms. The van der Waals surface area contributed by atoms with Crippen molar-refractivity contribution in [3.8, 4) is 0 Å². The first kappa shape index (κ1) is 11.1. The molecular formula is C11H21N3. The molecule has 0 aliphatic carbocycles. The number of nitrogens with zero attached hydrogens (tertiary/aromatic N) is 2. The number of aryl methyl sites for hydroxylation is 1. The van der Waals surface area contributed by atoms with Gasteiger partial charge in [0.15, 0.2) is 0 Å². The maximum Gasteiger partial charge on any atom is 0.0730 e. The van der Waals surface area contributed by atoms with Crippen LogP contribution in [0.15, 0.2) is 12.4 Å². The highest BCUT2D eigenvalue weighted by Gasteiger charge is 2.14. The van der Waals surface area contributed by atoms with Gasteiger partial charge >= 0.3 is 0 Å². The average molecular weight is 195 g/mol. The topological polar surface area (TPSA) is 29.9 Å². The van der Waals surface area contributed by atoms with Gasteiger partial charge in [0.25, 0.3) is 0 Å². The predicted octanol–water partition coefficient (Wildman–Crippen LogP) is 2.89. The van der Waals surface area contributed by atoms with Crippen molar-refractivity contribution < 1.29 is 0 Å². The number of anilines is 1. The van der Waals surface area contributed by atoms with E-state index in [0.29, 0.717) is 0 Å². The molecule has 80 valence electrons. The third-order valence-electron chi connectivity index (χ3n) is 2.45. The number of rotatable bonds is 5. The smallest absolute Gasteiger partial charge is 0.0730 e. The molecule has 1 rings (SSSR count). The fourth-order valence-corrected chi connectivity index (χ4v) is 1.26. The Morgan fingerprint density at radius 2 is 2.14 bits per heavy atom. The van der Waals surface area contributed by atoms with E-state index in [1.807, 2.05) is 10.9 Å². The molecule has 0 fully saturated rings. The zero-order valence-electron chi connectivity index (χ0n) is 9.67. The van der Waals surface area contributed by atoms with Gasteiger partial charge in [-0.3, -0.25) is 4.68 Å². The van der Waals surface area contributed by atoms with Crippen molar-refractivity contribution in [1.29, 1.82) is 0 Å². The average Bonchev–Trinajstić information content (AvgIpc) is 2.53. The van der Waals surface area contributed by atoms with Crippen molar-refractivity contribution in [3.63, 3.8) is 0 Å². The van der Waals surface area contributed by atoms with Crippen LogP contribution in [0, 0.1) is 0 Å². The monoisotopic (exact) mass is 195 g/mol. The van der Waals surface area contributed by atoms with Gasteiger partial charge in [-0.2, -0.15) is 5.10 Å². The van der Waals surface area contributed by atoms with Crippen molar-refractivity contribution in [1.82, 2.24) is 9.78 Å². The summed E-state index contributed by atoms with van der Waals surface area (Å²) in [6.07, 6.45) is 6.19. The van der Waals surface area contributed by atoms with Gasteiger partial charge in [-0.05, 0) is 26.7 Å². The van der Waals surface area contributed by atoms with Crippen molar-refractivity contribution in [2.24, 2.45) is 0 Å². The Hall–Kier alpha value is -0.990. The minimum atomic E-state index is 0.153. The Balaban J connectivity index is 2.59. The van der Waals surface area contributed by atoms with E-state index in [4.69, 9.17) is 0 Å². The molecule has 3 heteroatoms. The molecule has 3 nitrogen and oxygen atoms in total. The molecule has 1 heterocycles. The van der Waals surface area contributed by atoms with E-state index in [9.17, 15) is 0 Å². The molecule has 0 radical (unpaired) electrons. The third kappa shape index (κ3) is 3.05. The lowest BCUT2D eigenvalue weighted by molar-refractivity contribution is 0.547. The highest BCUT2D eigenvalue weighted by molar-refractivity contribution is 5.40. The van der Waals surface area contributed by atoms with Gasteiger partial charge in [0.1, 0.15) is 0 Å². The lowest BCUT2D eigenvalue weighted by atomic mass is 10.0. The summed E-state index contributed by atoms with van der Waals surface area (Å²) in [6, 6.07) is 0. The Morgan fingerprint density at radius 1 is 1.43 bits per heavy atom. The molecule has 0 aromatic carbocycles. The fourth-order valence-electron chi connectivity index (χ4n) is 1.26. The Labute approximate surface area is 86.5 Å². The van der Waals surface area contributed by atoms with Gasteiger partial charge < -0.3 is 5.32 Å². The SMILES string of the molecule is CCCn1cc(NC(C)(C)CC)cn1. The zero-order valence-corrected chi connectivity index (χ0v) is 9.67.